The number of anilines is 1. The second-order valence-electron chi connectivity index (χ2n) is 7.82. The Morgan fingerprint density at radius 1 is 1.35 bits per heavy atom. The van der Waals surface area contributed by atoms with Gasteiger partial charge in [-0.05, 0) is 30.6 Å². The predicted octanol–water partition coefficient (Wildman–Crippen LogP) is 3.17. The summed E-state index contributed by atoms with van der Waals surface area (Å²) in [6, 6.07) is 0. The fraction of sp³-hybridized carbons (Fsp3) is 0.667. The summed E-state index contributed by atoms with van der Waals surface area (Å²) in [4.78, 5) is 22.1. The van der Waals surface area contributed by atoms with Crippen molar-refractivity contribution in [2.75, 3.05) is 31.1 Å². The van der Waals surface area contributed by atoms with Crippen LogP contribution in [0.15, 0.2) is 23.7 Å². The van der Waals surface area contributed by atoms with Crippen molar-refractivity contribution in [1.82, 2.24) is 9.88 Å². The molecule has 1 aliphatic heterocycles. The Hall–Kier alpha value is -1.36. The van der Waals surface area contributed by atoms with Crippen LogP contribution < -0.4 is 4.90 Å². The van der Waals surface area contributed by atoms with Gasteiger partial charge < -0.3 is 9.80 Å². The topological polar surface area (TPSA) is 36.4 Å². The first-order valence-corrected chi connectivity index (χ1v) is 9.47. The summed E-state index contributed by atoms with van der Waals surface area (Å²) in [5, 5.41) is 3.08. The average Bonchev–Trinajstić information content (AvgIpc) is 3.26. The molecule has 4 nitrogen and oxygen atoms in total. The molecule has 2 bridgehead atoms. The molecule has 2 saturated carbocycles. The minimum absolute atomic E-state index is 0.122. The van der Waals surface area contributed by atoms with Crippen LogP contribution in [0.1, 0.15) is 33.1 Å². The zero-order valence-electron chi connectivity index (χ0n) is 14.0. The van der Waals surface area contributed by atoms with Crippen molar-refractivity contribution in [1.29, 1.82) is 0 Å². The van der Waals surface area contributed by atoms with Crippen molar-refractivity contribution in [3.63, 3.8) is 0 Å². The number of rotatable bonds is 2. The van der Waals surface area contributed by atoms with Gasteiger partial charge in [0.2, 0.25) is 5.91 Å². The highest BCUT2D eigenvalue weighted by atomic mass is 32.1. The van der Waals surface area contributed by atoms with Gasteiger partial charge in [-0.2, -0.15) is 0 Å². The quantitative estimate of drug-likeness (QED) is 0.781. The highest BCUT2D eigenvalue weighted by Gasteiger charge is 2.61. The van der Waals surface area contributed by atoms with Crippen molar-refractivity contribution in [3.8, 4) is 0 Å². The van der Waals surface area contributed by atoms with Crippen LogP contribution in [-0.2, 0) is 4.79 Å². The zero-order valence-corrected chi connectivity index (χ0v) is 14.9. The normalized spacial score (nSPS) is 32.6. The average molecular weight is 331 g/mol. The van der Waals surface area contributed by atoms with E-state index in [1.54, 1.807) is 11.3 Å². The van der Waals surface area contributed by atoms with E-state index in [9.17, 15) is 4.79 Å². The molecule has 3 fully saturated rings. The van der Waals surface area contributed by atoms with Crippen LogP contribution in [-0.4, -0.2) is 42.0 Å². The molecular weight excluding hydrogens is 306 g/mol. The first kappa shape index (κ1) is 15.2. The molecule has 4 rings (SSSR count). The largest absolute Gasteiger partial charge is 0.345 e. The van der Waals surface area contributed by atoms with E-state index in [2.05, 4.69) is 35.2 Å². The number of amides is 1. The van der Waals surface area contributed by atoms with E-state index in [0.29, 0.717) is 11.8 Å². The summed E-state index contributed by atoms with van der Waals surface area (Å²) in [5.74, 6) is 0.977. The molecule has 0 aromatic carbocycles. The summed E-state index contributed by atoms with van der Waals surface area (Å²) in [5.41, 5.74) is 1.04. The summed E-state index contributed by atoms with van der Waals surface area (Å²) < 4.78 is 0. The Bertz CT molecular complexity index is 631. The monoisotopic (exact) mass is 331 g/mol. The number of carbonyl (C=O) groups is 1. The summed E-state index contributed by atoms with van der Waals surface area (Å²) in [7, 11) is 0. The minimum Gasteiger partial charge on any atom is -0.345 e. The lowest BCUT2D eigenvalue weighted by Gasteiger charge is -2.42. The lowest BCUT2D eigenvalue weighted by molar-refractivity contribution is -0.140. The Morgan fingerprint density at radius 2 is 2.09 bits per heavy atom. The molecule has 1 saturated heterocycles. The molecule has 0 N–H and O–H groups in total. The van der Waals surface area contributed by atoms with Crippen LogP contribution in [0.2, 0.25) is 0 Å². The molecule has 5 heteroatoms. The number of aromatic nitrogens is 1. The van der Waals surface area contributed by atoms with E-state index in [4.69, 9.17) is 0 Å². The lowest BCUT2D eigenvalue weighted by atomic mass is 9.68. The Labute approximate surface area is 142 Å². The number of thiazole rings is 1. The summed E-state index contributed by atoms with van der Waals surface area (Å²) >= 11 is 1.67. The smallest absolute Gasteiger partial charge is 0.233 e. The Balaban J connectivity index is 1.48. The minimum atomic E-state index is -0.266. The number of carbonyl (C=O) groups excluding carboxylic acids is 1. The van der Waals surface area contributed by atoms with Gasteiger partial charge in [0.05, 0.1) is 5.41 Å². The van der Waals surface area contributed by atoms with Crippen molar-refractivity contribution in [3.05, 3.63) is 23.7 Å². The fourth-order valence-corrected chi connectivity index (χ4v) is 5.59. The molecule has 0 spiro atoms. The molecule has 1 aromatic rings. The van der Waals surface area contributed by atoms with E-state index < -0.39 is 0 Å². The Morgan fingerprint density at radius 3 is 2.65 bits per heavy atom. The summed E-state index contributed by atoms with van der Waals surface area (Å²) in [6.45, 7) is 12.3. The molecule has 1 aromatic heterocycles. The van der Waals surface area contributed by atoms with E-state index in [1.165, 1.54) is 12.0 Å². The van der Waals surface area contributed by atoms with Crippen LogP contribution in [0, 0.1) is 16.7 Å². The van der Waals surface area contributed by atoms with Gasteiger partial charge in [-0.25, -0.2) is 4.98 Å². The third-order valence-electron chi connectivity index (χ3n) is 6.56. The summed E-state index contributed by atoms with van der Waals surface area (Å²) in [6.07, 6.45) is 5.05. The van der Waals surface area contributed by atoms with Gasteiger partial charge in [0.25, 0.3) is 0 Å². The van der Waals surface area contributed by atoms with E-state index in [-0.39, 0.29) is 10.8 Å². The SMILES string of the molecule is C=C1C(C)(C)[C@@H]2CC[C@]1(C(=O)N1CCN(c3nccs3)CC1)C2. The zero-order chi connectivity index (χ0) is 16.2. The standard InChI is InChI=1S/C18H25N3OS/c1-13-17(2,3)14-4-5-18(13,12-14)15(22)20-7-9-21(10-8-20)16-19-6-11-23-16/h6,11,14H,1,4-5,7-10,12H2,2-3H3/t14-,18+/m1/s1. The van der Waals surface area contributed by atoms with E-state index in [1.807, 2.05) is 11.6 Å². The molecule has 0 unspecified atom stereocenters. The maximum atomic E-state index is 13.3. The molecular formula is C18H25N3OS. The fourth-order valence-electron chi connectivity index (χ4n) is 4.90. The van der Waals surface area contributed by atoms with E-state index >= 15 is 0 Å². The van der Waals surface area contributed by atoms with Gasteiger partial charge in [0, 0.05) is 37.8 Å². The third-order valence-corrected chi connectivity index (χ3v) is 7.39. The number of nitrogens with zero attached hydrogens (tertiary/aromatic N) is 3. The lowest BCUT2D eigenvalue weighted by Crippen LogP contribution is -2.53. The number of hydrogen-bond donors (Lipinski definition) is 0. The van der Waals surface area contributed by atoms with Crippen molar-refractivity contribution in [2.45, 2.75) is 33.1 Å². The van der Waals surface area contributed by atoms with Gasteiger partial charge in [0.1, 0.15) is 0 Å². The van der Waals surface area contributed by atoms with Crippen LogP contribution in [0.25, 0.3) is 0 Å². The van der Waals surface area contributed by atoms with Crippen LogP contribution in [0.4, 0.5) is 5.13 Å². The molecule has 2 aliphatic carbocycles. The molecule has 3 aliphatic rings. The van der Waals surface area contributed by atoms with Gasteiger partial charge in [0.15, 0.2) is 5.13 Å². The molecule has 2 heterocycles. The number of piperazine rings is 1. The van der Waals surface area contributed by atoms with Crippen LogP contribution >= 0.6 is 11.3 Å². The first-order valence-electron chi connectivity index (χ1n) is 8.59. The van der Waals surface area contributed by atoms with E-state index in [0.717, 1.165) is 44.2 Å². The number of fused-ring (bicyclic) bond motifs is 2. The van der Waals surface area contributed by atoms with Crippen molar-refractivity contribution < 1.29 is 4.79 Å². The third kappa shape index (κ3) is 2.09. The second kappa shape index (κ2) is 5.07. The molecule has 23 heavy (non-hydrogen) atoms. The van der Waals surface area contributed by atoms with Gasteiger partial charge in [-0.3, -0.25) is 4.79 Å². The molecule has 124 valence electrons. The predicted molar refractivity (Wildman–Crippen MR) is 93.6 cm³/mol. The molecule has 1 amide bonds. The van der Waals surface area contributed by atoms with Crippen LogP contribution in [0.3, 0.4) is 0 Å². The van der Waals surface area contributed by atoms with Gasteiger partial charge in [-0.1, -0.05) is 26.0 Å². The van der Waals surface area contributed by atoms with Gasteiger partial charge in [-0.15, -0.1) is 11.3 Å². The van der Waals surface area contributed by atoms with Crippen LogP contribution in [0.5, 0.6) is 0 Å². The van der Waals surface area contributed by atoms with Crippen molar-refractivity contribution in [2.24, 2.45) is 16.7 Å². The molecule has 0 radical (unpaired) electrons. The van der Waals surface area contributed by atoms with Crippen molar-refractivity contribution >= 4 is 22.4 Å². The highest BCUT2D eigenvalue weighted by molar-refractivity contribution is 7.13. The maximum Gasteiger partial charge on any atom is 0.233 e. The second-order valence-corrected chi connectivity index (χ2v) is 8.69. The highest BCUT2D eigenvalue weighted by Crippen LogP contribution is 2.65. The first-order chi connectivity index (χ1) is 10.9. The Kier molecular flexibility index (Phi) is 3.34. The van der Waals surface area contributed by atoms with Gasteiger partial charge >= 0.3 is 0 Å². The molecule has 2 atom stereocenters. The maximum absolute atomic E-state index is 13.3. The number of hydrogen-bond acceptors (Lipinski definition) is 4.